The lowest BCUT2D eigenvalue weighted by Gasteiger charge is -2.37. The van der Waals surface area contributed by atoms with Gasteiger partial charge in [-0.1, -0.05) is 71.4 Å². The molecule has 4 aliphatic heterocycles. The van der Waals surface area contributed by atoms with Crippen LogP contribution in [0.2, 0.25) is 0 Å². The van der Waals surface area contributed by atoms with E-state index < -0.39 is 0 Å². The molecule has 5 rings (SSSR count). The number of morpholine rings is 1. The van der Waals surface area contributed by atoms with E-state index >= 15 is 0 Å². The number of nitrogens with zero attached hydrogens (tertiary/aromatic N) is 5. The number of hydrogen-bond donors (Lipinski definition) is 1. The molecule has 12 nitrogen and oxygen atoms in total. The predicted octanol–water partition coefficient (Wildman–Crippen LogP) is 4.30. The van der Waals surface area contributed by atoms with Gasteiger partial charge in [-0.15, -0.1) is 0 Å². The lowest BCUT2D eigenvalue weighted by molar-refractivity contribution is -0.137. The highest BCUT2D eigenvalue weighted by atomic mass is 16.5. The molecule has 4 fully saturated rings. The highest BCUT2D eigenvalue weighted by Gasteiger charge is 2.37. The number of benzene rings is 1. The van der Waals surface area contributed by atoms with Gasteiger partial charge in [0.25, 0.3) is 6.47 Å². The maximum Gasteiger partial charge on any atom is 0.293 e. The molecule has 4 heterocycles. The summed E-state index contributed by atoms with van der Waals surface area (Å²) in [7, 11) is 3.98. The molecule has 0 bridgehead atoms. The van der Waals surface area contributed by atoms with E-state index in [0.717, 1.165) is 89.6 Å². The number of rotatable bonds is 13. The van der Waals surface area contributed by atoms with Crippen LogP contribution in [0.5, 0.6) is 0 Å². The first-order valence-corrected chi connectivity index (χ1v) is 20.1. The van der Waals surface area contributed by atoms with Crippen LogP contribution in [0.3, 0.4) is 0 Å². The van der Waals surface area contributed by atoms with Crippen LogP contribution >= 0.6 is 0 Å². The first-order valence-electron chi connectivity index (χ1n) is 20.1. The van der Waals surface area contributed by atoms with Crippen molar-refractivity contribution in [3.63, 3.8) is 0 Å². The van der Waals surface area contributed by atoms with E-state index in [1.54, 1.807) is 11.9 Å². The highest BCUT2D eigenvalue weighted by Crippen LogP contribution is 2.24. The Hall–Kier alpha value is -3.06. The summed E-state index contributed by atoms with van der Waals surface area (Å²) in [5, 5.41) is 2.43. The molecular formula is C41H72N6O6. The monoisotopic (exact) mass is 745 g/mol. The molecule has 1 aromatic carbocycles. The van der Waals surface area contributed by atoms with Gasteiger partial charge in [-0.05, 0) is 82.6 Å². The van der Waals surface area contributed by atoms with Crippen molar-refractivity contribution in [2.24, 2.45) is 11.8 Å². The molecule has 12 heteroatoms. The number of carbonyl (C=O) groups is 4. The standard InChI is InChI=1S/C18H32N4O3.C13H17NO3.C6H13N.C4H10/c1-14(2)16(20(3)17(24)11-19-13-23)12-22-10-6-7-15(22)18(25)21-8-4-5-9-21;15-11-17-13(12-4-2-1-3-5-12)10-14-6-8-16-9-7-14;1-7-5-3-2-4-6-7;1-4(2)3/h13-16H,4-12H2,1-3H3,(H,19,23);1-5,11,13H,6-10H2;2-6H2,1H3;4H,1-3H3/t15-,16+;;;/m0.../s1. The maximum absolute atomic E-state index is 12.8. The minimum atomic E-state index is -0.188. The van der Waals surface area contributed by atoms with Crippen molar-refractivity contribution in [1.29, 1.82) is 0 Å². The van der Waals surface area contributed by atoms with Crippen molar-refractivity contribution in [3.05, 3.63) is 35.9 Å². The molecule has 1 unspecified atom stereocenters. The second kappa shape index (κ2) is 26.7. The molecular weight excluding hydrogens is 672 g/mol. The molecule has 3 amide bonds. The first kappa shape index (κ1) is 46.1. The summed E-state index contributed by atoms with van der Waals surface area (Å²) in [4.78, 5) is 56.7. The zero-order valence-electron chi connectivity index (χ0n) is 34.0. The van der Waals surface area contributed by atoms with Crippen LogP contribution in [-0.2, 0) is 28.7 Å². The number of carbonyl (C=O) groups excluding carboxylic acids is 4. The van der Waals surface area contributed by atoms with Crippen LogP contribution in [0.15, 0.2) is 30.3 Å². The van der Waals surface area contributed by atoms with Gasteiger partial charge >= 0.3 is 0 Å². The fraction of sp³-hybridized carbons (Fsp3) is 0.756. The van der Waals surface area contributed by atoms with Crippen molar-refractivity contribution in [2.75, 3.05) is 92.8 Å². The van der Waals surface area contributed by atoms with Gasteiger partial charge in [0.05, 0.1) is 25.8 Å². The fourth-order valence-corrected chi connectivity index (χ4v) is 6.96. The normalized spacial score (nSPS) is 20.5. The molecule has 4 aliphatic rings. The maximum atomic E-state index is 12.8. The Bertz CT molecular complexity index is 1140. The number of ether oxygens (including phenoxy) is 2. The van der Waals surface area contributed by atoms with Crippen LogP contribution in [0.25, 0.3) is 0 Å². The SMILES string of the molecule is CC(C)C.CC(C)[C@@H](CN1CCC[C@H]1C(=O)N1CCCC1)N(C)C(=O)CNC=O.CN1CCCCC1.O=COC(CN1CCOCC1)c1ccccc1. The lowest BCUT2D eigenvalue weighted by Crippen LogP contribution is -2.53. The molecule has 302 valence electrons. The van der Waals surface area contributed by atoms with Crippen LogP contribution < -0.4 is 5.32 Å². The largest absolute Gasteiger partial charge is 0.458 e. The lowest BCUT2D eigenvalue weighted by atomic mass is 10.0. The van der Waals surface area contributed by atoms with Gasteiger partial charge < -0.3 is 29.5 Å². The summed E-state index contributed by atoms with van der Waals surface area (Å²) in [6, 6.07) is 9.80. The molecule has 0 aliphatic carbocycles. The molecule has 0 spiro atoms. The van der Waals surface area contributed by atoms with Crippen LogP contribution in [0, 0.1) is 11.8 Å². The Morgan fingerprint density at radius 2 is 1.47 bits per heavy atom. The zero-order valence-corrected chi connectivity index (χ0v) is 34.0. The summed E-state index contributed by atoms with van der Waals surface area (Å²) < 4.78 is 10.5. The summed E-state index contributed by atoms with van der Waals surface area (Å²) in [5.41, 5.74) is 1.03. The highest BCUT2D eigenvalue weighted by molar-refractivity contribution is 5.82. The van der Waals surface area contributed by atoms with Gasteiger partial charge in [0.1, 0.15) is 6.10 Å². The third kappa shape index (κ3) is 18.2. The summed E-state index contributed by atoms with van der Waals surface area (Å²) in [5.74, 6) is 1.26. The molecule has 0 aromatic heterocycles. The Kier molecular flexibility index (Phi) is 23.2. The fourth-order valence-electron chi connectivity index (χ4n) is 6.96. The second-order valence-electron chi connectivity index (χ2n) is 15.6. The number of likely N-dealkylation sites (tertiary alicyclic amines) is 3. The molecule has 1 N–H and O–H groups in total. The van der Waals surface area contributed by atoms with Crippen molar-refractivity contribution >= 4 is 24.7 Å². The molecule has 4 saturated heterocycles. The van der Waals surface area contributed by atoms with E-state index in [4.69, 9.17) is 9.47 Å². The van der Waals surface area contributed by atoms with E-state index in [9.17, 15) is 19.2 Å². The average molecular weight is 745 g/mol. The molecule has 0 saturated carbocycles. The van der Waals surface area contributed by atoms with E-state index in [1.807, 2.05) is 35.2 Å². The van der Waals surface area contributed by atoms with Crippen LogP contribution in [-0.4, -0.2) is 154 Å². The third-order valence-electron chi connectivity index (χ3n) is 9.98. The Balaban J connectivity index is 0.000000296. The van der Waals surface area contributed by atoms with E-state index in [1.165, 1.54) is 32.4 Å². The molecule has 1 aromatic rings. The first-order chi connectivity index (χ1) is 25.5. The van der Waals surface area contributed by atoms with E-state index in [2.05, 4.69) is 61.7 Å². The minimum absolute atomic E-state index is 0.0133. The van der Waals surface area contributed by atoms with Gasteiger partial charge in [-0.25, -0.2) is 0 Å². The number of likely N-dealkylation sites (N-methyl/N-ethyl adjacent to an activating group) is 1. The smallest absolute Gasteiger partial charge is 0.293 e. The Morgan fingerprint density at radius 3 is 2.00 bits per heavy atom. The van der Waals surface area contributed by atoms with Gasteiger partial charge in [-0.2, -0.15) is 0 Å². The topological polar surface area (TPSA) is 115 Å². The summed E-state index contributed by atoms with van der Waals surface area (Å²) >= 11 is 0. The number of hydrogen-bond acceptors (Lipinski definition) is 9. The average Bonchev–Trinajstić information content (AvgIpc) is 3.87. The van der Waals surface area contributed by atoms with Gasteiger partial charge in [0, 0.05) is 52.4 Å². The van der Waals surface area contributed by atoms with E-state index in [0.29, 0.717) is 19.4 Å². The number of nitrogens with one attached hydrogen (secondary N) is 1. The Labute approximate surface area is 320 Å². The Morgan fingerprint density at radius 1 is 0.868 bits per heavy atom. The van der Waals surface area contributed by atoms with Crippen molar-refractivity contribution in [1.82, 2.24) is 29.8 Å². The predicted molar refractivity (Wildman–Crippen MR) is 211 cm³/mol. The van der Waals surface area contributed by atoms with Crippen LogP contribution in [0.4, 0.5) is 0 Å². The van der Waals surface area contributed by atoms with E-state index in [-0.39, 0.29) is 42.5 Å². The number of amides is 3. The van der Waals surface area contributed by atoms with Gasteiger partial charge in [-0.3, -0.25) is 29.0 Å². The summed E-state index contributed by atoms with van der Waals surface area (Å²) in [6.07, 6.45) is 8.77. The summed E-state index contributed by atoms with van der Waals surface area (Å²) in [6.45, 7) is 21.3. The number of piperidine rings is 1. The zero-order chi connectivity index (χ0) is 39.0. The minimum Gasteiger partial charge on any atom is -0.458 e. The van der Waals surface area contributed by atoms with Crippen LogP contribution in [0.1, 0.15) is 91.2 Å². The third-order valence-corrected chi connectivity index (χ3v) is 9.98. The van der Waals surface area contributed by atoms with Gasteiger partial charge in [0.15, 0.2) is 0 Å². The molecule has 0 radical (unpaired) electrons. The van der Waals surface area contributed by atoms with Crippen molar-refractivity contribution < 1.29 is 28.7 Å². The van der Waals surface area contributed by atoms with Crippen molar-refractivity contribution in [2.45, 2.75) is 97.8 Å². The second-order valence-corrected chi connectivity index (χ2v) is 15.6. The molecule has 3 atom stereocenters. The molecule has 53 heavy (non-hydrogen) atoms. The quantitative estimate of drug-likeness (QED) is 0.296. The van der Waals surface area contributed by atoms with Gasteiger partial charge in [0.2, 0.25) is 18.2 Å². The van der Waals surface area contributed by atoms with Crippen molar-refractivity contribution in [3.8, 4) is 0 Å².